The van der Waals surface area contributed by atoms with Gasteiger partial charge in [0, 0.05) is 20.9 Å². The Morgan fingerprint density at radius 1 is 1.16 bits per heavy atom. The van der Waals surface area contributed by atoms with Crippen molar-refractivity contribution < 1.29 is 0 Å². The number of benzene rings is 2. The summed E-state index contributed by atoms with van der Waals surface area (Å²) >= 11 is 7.86. The summed E-state index contributed by atoms with van der Waals surface area (Å²) in [5.74, 6) is 0. The van der Waals surface area contributed by atoms with E-state index in [1.807, 2.05) is 18.2 Å². The molecular formula is C16H18ClNS. The fourth-order valence-corrected chi connectivity index (χ4v) is 3.00. The lowest BCUT2D eigenvalue weighted by molar-refractivity contribution is 0.641. The van der Waals surface area contributed by atoms with Gasteiger partial charge >= 0.3 is 0 Å². The van der Waals surface area contributed by atoms with Gasteiger partial charge in [0.2, 0.25) is 0 Å². The Morgan fingerprint density at radius 2 is 1.89 bits per heavy atom. The summed E-state index contributed by atoms with van der Waals surface area (Å²) in [6, 6.07) is 16.6. The van der Waals surface area contributed by atoms with Gasteiger partial charge in [-0.25, -0.2) is 0 Å². The quantitative estimate of drug-likeness (QED) is 0.858. The molecule has 0 heterocycles. The molecule has 0 spiro atoms. The molecule has 2 aromatic carbocycles. The van der Waals surface area contributed by atoms with Crippen molar-refractivity contribution in [2.24, 2.45) is 5.73 Å². The van der Waals surface area contributed by atoms with Crippen molar-refractivity contribution >= 4 is 23.4 Å². The van der Waals surface area contributed by atoms with Gasteiger partial charge in [-0.2, -0.15) is 0 Å². The first kappa shape index (κ1) is 14.4. The van der Waals surface area contributed by atoms with E-state index < -0.39 is 0 Å². The first-order valence-electron chi connectivity index (χ1n) is 6.46. The van der Waals surface area contributed by atoms with Gasteiger partial charge < -0.3 is 5.73 Å². The summed E-state index contributed by atoms with van der Waals surface area (Å²) in [6.07, 6.45) is 1.84. The third-order valence-electron chi connectivity index (χ3n) is 3.00. The lowest BCUT2D eigenvalue weighted by Crippen LogP contribution is -2.21. The maximum Gasteiger partial charge on any atom is 0.0409 e. The predicted molar refractivity (Wildman–Crippen MR) is 84.0 cm³/mol. The fraction of sp³-hybridized carbons (Fsp3) is 0.250. The summed E-state index contributed by atoms with van der Waals surface area (Å²) in [4.78, 5) is 2.47. The van der Waals surface area contributed by atoms with Gasteiger partial charge in [0.1, 0.15) is 0 Å². The van der Waals surface area contributed by atoms with E-state index in [1.54, 1.807) is 11.8 Å². The molecule has 0 amide bonds. The summed E-state index contributed by atoms with van der Waals surface area (Å²) in [6.45, 7) is 2.11. The zero-order valence-corrected chi connectivity index (χ0v) is 12.5. The molecule has 1 atom stereocenters. The van der Waals surface area contributed by atoms with Gasteiger partial charge in [0.25, 0.3) is 0 Å². The van der Waals surface area contributed by atoms with E-state index in [0.717, 1.165) is 17.9 Å². The molecule has 2 rings (SSSR count). The monoisotopic (exact) mass is 291 g/mol. The van der Waals surface area contributed by atoms with Crippen LogP contribution in [-0.2, 0) is 6.42 Å². The van der Waals surface area contributed by atoms with Crippen LogP contribution in [0.3, 0.4) is 0 Å². The molecule has 0 fully saturated rings. The summed E-state index contributed by atoms with van der Waals surface area (Å²) in [7, 11) is 0. The minimum Gasteiger partial charge on any atom is -0.327 e. The van der Waals surface area contributed by atoms with Crippen LogP contribution >= 0.6 is 23.4 Å². The highest BCUT2D eigenvalue weighted by atomic mass is 35.5. The molecule has 19 heavy (non-hydrogen) atoms. The first-order valence-corrected chi connectivity index (χ1v) is 7.65. The largest absolute Gasteiger partial charge is 0.327 e. The van der Waals surface area contributed by atoms with Crippen LogP contribution in [-0.4, -0.2) is 6.04 Å². The Bertz CT molecular complexity index is 528. The topological polar surface area (TPSA) is 26.0 Å². The van der Waals surface area contributed by atoms with Crippen LogP contribution < -0.4 is 5.73 Å². The molecule has 100 valence electrons. The minimum atomic E-state index is 0.189. The van der Waals surface area contributed by atoms with Crippen molar-refractivity contribution in [1.29, 1.82) is 0 Å². The van der Waals surface area contributed by atoms with E-state index in [9.17, 15) is 0 Å². The van der Waals surface area contributed by atoms with Crippen LogP contribution in [0, 0.1) is 0 Å². The average Bonchev–Trinajstić information content (AvgIpc) is 2.43. The lowest BCUT2D eigenvalue weighted by atomic mass is 10.0. The first-order chi connectivity index (χ1) is 9.19. The number of rotatable bonds is 5. The van der Waals surface area contributed by atoms with Crippen molar-refractivity contribution in [3.8, 4) is 0 Å². The zero-order valence-electron chi connectivity index (χ0n) is 11.0. The standard InChI is InChI=1S/C16H18ClNS/c1-2-14(18)11-12-10-13(17)8-9-16(12)19-15-6-4-3-5-7-15/h3-10,14H,2,11,18H2,1H3. The van der Waals surface area contributed by atoms with Crippen LogP contribution in [0.4, 0.5) is 0 Å². The van der Waals surface area contributed by atoms with Crippen molar-refractivity contribution in [1.82, 2.24) is 0 Å². The van der Waals surface area contributed by atoms with E-state index in [1.165, 1.54) is 15.4 Å². The molecule has 0 bridgehead atoms. The molecule has 2 N–H and O–H groups in total. The number of nitrogens with two attached hydrogens (primary N) is 1. The van der Waals surface area contributed by atoms with Crippen molar-refractivity contribution in [3.63, 3.8) is 0 Å². The molecular weight excluding hydrogens is 274 g/mol. The van der Waals surface area contributed by atoms with E-state index in [0.29, 0.717) is 0 Å². The van der Waals surface area contributed by atoms with Crippen LogP contribution in [0.25, 0.3) is 0 Å². The number of hydrogen-bond donors (Lipinski definition) is 1. The van der Waals surface area contributed by atoms with Crippen LogP contribution in [0.1, 0.15) is 18.9 Å². The SMILES string of the molecule is CCC(N)Cc1cc(Cl)ccc1Sc1ccccc1. The molecule has 0 aromatic heterocycles. The molecule has 0 aliphatic rings. The van der Waals surface area contributed by atoms with E-state index in [4.69, 9.17) is 17.3 Å². The van der Waals surface area contributed by atoms with Crippen molar-refractivity contribution in [3.05, 3.63) is 59.1 Å². The Labute approximate surface area is 124 Å². The van der Waals surface area contributed by atoms with Crippen LogP contribution in [0.2, 0.25) is 5.02 Å². The Kier molecular flexibility index (Phi) is 5.32. The third kappa shape index (κ3) is 4.27. The second kappa shape index (κ2) is 6.99. The summed E-state index contributed by atoms with van der Waals surface area (Å²) in [5.41, 5.74) is 7.30. The highest BCUT2D eigenvalue weighted by Crippen LogP contribution is 2.32. The molecule has 0 aliphatic heterocycles. The molecule has 0 saturated carbocycles. The highest BCUT2D eigenvalue weighted by molar-refractivity contribution is 7.99. The Balaban J connectivity index is 2.24. The normalized spacial score (nSPS) is 12.4. The highest BCUT2D eigenvalue weighted by Gasteiger charge is 2.09. The van der Waals surface area contributed by atoms with E-state index >= 15 is 0 Å². The summed E-state index contributed by atoms with van der Waals surface area (Å²) in [5, 5.41) is 0.774. The molecule has 1 unspecified atom stereocenters. The third-order valence-corrected chi connectivity index (χ3v) is 4.36. The molecule has 0 radical (unpaired) electrons. The van der Waals surface area contributed by atoms with E-state index in [2.05, 4.69) is 37.3 Å². The van der Waals surface area contributed by atoms with Gasteiger partial charge in [-0.3, -0.25) is 0 Å². The minimum absolute atomic E-state index is 0.189. The van der Waals surface area contributed by atoms with Gasteiger partial charge in [0.05, 0.1) is 0 Å². The fourth-order valence-electron chi connectivity index (χ4n) is 1.85. The van der Waals surface area contributed by atoms with Gasteiger partial charge in [-0.15, -0.1) is 0 Å². The predicted octanol–water partition coefficient (Wildman–Crippen LogP) is 4.77. The molecule has 0 saturated heterocycles. The molecule has 0 aliphatic carbocycles. The number of halogens is 1. The Morgan fingerprint density at radius 3 is 2.58 bits per heavy atom. The van der Waals surface area contributed by atoms with Gasteiger partial charge in [0.15, 0.2) is 0 Å². The van der Waals surface area contributed by atoms with Gasteiger partial charge in [-0.05, 0) is 48.7 Å². The maximum absolute atomic E-state index is 6.10. The zero-order chi connectivity index (χ0) is 13.7. The average molecular weight is 292 g/mol. The second-order valence-corrected chi connectivity index (χ2v) is 6.09. The van der Waals surface area contributed by atoms with Gasteiger partial charge in [-0.1, -0.05) is 48.5 Å². The molecule has 2 aromatic rings. The van der Waals surface area contributed by atoms with Crippen molar-refractivity contribution in [2.75, 3.05) is 0 Å². The Hall–Kier alpha value is -0.960. The van der Waals surface area contributed by atoms with Crippen molar-refractivity contribution in [2.45, 2.75) is 35.6 Å². The smallest absolute Gasteiger partial charge is 0.0409 e. The summed E-state index contributed by atoms with van der Waals surface area (Å²) < 4.78 is 0. The lowest BCUT2D eigenvalue weighted by Gasteiger charge is -2.13. The van der Waals surface area contributed by atoms with Crippen LogP contribution in [0.15, 0.2) is 58.3 Å². The van der Waals surface area contributed by atoms with Crippen LogP contribution in [0.5, 0.6) is 0 Å². The van der Waals surface area contributed by atoms with E-state index in [-0.39, 0.29) is 6.04 Å². The maximum atomic E-state index is 6.10. The second-order valence-electron chi connectivity index (χ2n) is 4.54. The molecule has 1 nitrogen and oxygen atoms in total. The molecule has 3 heteroatoms. The number of hydrogen-bond acceptors (Lipinski definition) is 2.